The zero-order chi connectivity index (χ0) is 13.8. The third-order valence-corrected chi connectivity index (χ3v) is 2.48. The highest BCUT2D eigenvalue weighted by Gasteiger charge is 2.49. The van der Waals surface area contributed by atoms with Gasteiger partial charge in [-0.1, -0.05) is 19.1 Å². The van der Waals surface area contributed by atoms with E-state index in [1.807, 2.05) is 0 Å². The van der Waals surface area contributed by atoms with Crippen molar-refractivity contribution in [2.45, 2.75) is 31.7 Å². The van der Waals surface area contributed by atoms with Crippen molar-refractivity contribution >= 4 is 0 Å². The summed E-state index contributed by atoms with van der Waals surface area (Å²) in [6, 6.07) is 2.28. The third kappa shape index (κ3) is 3.41. The normalized spacial score (nSPS) is 13.9. The van der Waals surface area contributed by atoms with Gasteiger partial charge in [0.2, 0.25) is 0 Å². The molecule has 0 aliphatic rings. The standard InChI is InChI=1S/C12H14F5N/c1-2-7-18-10(12(16,17)11(14)15)8-3-5-9(13)6-4-8/h3-6,10-11,18H,2,7H2,1H3. The first-order valence-corrected chi connectivity index (χ1v) is 5.54. The van der Waals surface area contributed by atoms with E-state index in [0.29, 0.717) is 6.42 Å². The molecule has 1 nitrogen and oxygen atoms in total. The lowest BCUT2D eigenvalue weighted by atomic mass is 10.0. The van der Waals surface area contributed by atoms with E-state index >= 15 is 0 Å². The highest BCUT2D eigenvalue weighted by Crippen LogP contribution is 2.36. The van der Waals surface area contributed by atoms with Crippen LogP contribution in [0, 0.1) is 5.82 Å². The van der Waals surface area contributed by atoms with Gasteiger partial charge in [0.15, 0.2) is 0 Å². The first-order valence-electron chi connectivity index (χ1n) is 5.54. The van der Waals surface area contributed by atoms with Crippen LogP contribution in [0.5, 0.6) is 0 Å². The van der Waals surface area contributed by atoms with Crippen molar-refractivity contribution in [2.75, 3.05) is 6.54 Å². The van der Waals surface area contributed by atoms with Crippen molar-refractivity contribution in [3.05, 3.63) is 35.6 Å². The van der Waals surface area contributed by atoms with Gasteiger partial charge in [-0.05, 0) is 30.7 Å². The molecule has 0 radical (unpaired) electrons. The largest absolute Gasteiger partial charge is 0.326 e. The van der Waals surface area contributed by atoms with Gasteiger partial charge >= 0.3 is 12.3 Å². The summed E-state index contributed by atoms with van der Waals surface area (Å²) in [7, 11) is 0. The van der Waals surface area contributed by atoms with Crippen LogP contribution in [0.1, 0.15) is 24.9 Å². The van der Waals surface area contributed by atoms with Crippen molar-refractivity contribution in [1.82, 2.24) is 5.32 Å². The lowest BCUT2D eigenvalue weighted by Gasteiger charge is -2.27. The lowest BCUT2D eigenvalue weighted by molar-refractivity contribution is -0.151. The number of rotatable bonds is 6. The highest BCUT2D eigenvalue weighted by atomic mass is 19.3. The number of nitrogens with one attached hydrogen (secondary N) is 1. The molecule has 0 aliphatic carbocycles. The minimum Gasteiger partial charge on any atom is -0.305 e. The fourth-order valence-corrected chi connectivity index (χ4v) is 1.55. The molecule has 0 fully saturated rings. The van der Waals surface area contributed by atoms with E-state index in [4.69, 9.17) is 0 Å². The predicted octanol–water partition coefficient (Wildman–Crippen LogP) is 3.77. The minimum atomic E-state index is -4.20. The Labute approximate surface area is 102 Å². The van der Waals surface area contributed by atoms with Gasteiger partial charge in [0.1, 0.15) is 11.9 Å². The maximum absolute atomic E-state index is 13.4. The Morgan fingerprint density at radius 1 is 1.17 bits per heavy atom. The van der Waals surface area contributed by atoms with Gasteiger partial charge in [0.25, 0.3) is 0 Å². The summed E-state index contributed by atoms with van der Waals surface area (Å²) in [5.74, 6) is -4.80. The molecule has 0 aliphatic heterocycles. The monoisotopic (exact) mass is 267 g/mol. The van der Waals surface area contributed by atoms with E-state index in [0.717, 1.165) is 24.3 Å². The molecule has 6 heteroatoms. The van der Waals surface area contributed by atoms with Crippen molar-refractivity contribution in [3.63, 3.8) is 0 Å². The van der Waals surface area contributed by atoms with Gasteiger partial charge in [0.05, 0.1) is 0 Å². The second-order valence-electron chi connectivity index (χ2n) is 3.91. The number of hydrogen-bond donors (Lipinski definition) is 1. The van der Waals surface area contributed by atoms with Crippen molar-refractivity contribution in [2.24, 2.45) is 0 Å². The molecule has 0 amide bonds. The van der Waals surface area contributed by atoms with Crippen LogP contribution >= 0.6 is 0 Å². The number of halogens is 5. The van der Waals surface area contributed by atoms with Gasteiger partial charge in [0, 0.05) is 0 Å². The second-order valence-corrected chi connectivity index (χ2v) is 3.91. The van der Waals surface area contributed by atoms with Gasteiger partial charge in [-0.15, -0.1) is 0 Å². The van der Waals surface area contributed by atoms with E-state index < -0.39 is 24.2 Å². The predicted molar refractivity (Wildman–Crippen MR) is 58.4 cm³/mol. The fraction of sp³-hybridized carbons (Fsp3) is 0.500. The van der Waals surface area contributed by atoms with Crippen LogP contribution in [0.25, 0.3) is 0 Å². The Kier molecular flexibility index (Phi) is 5.07. The number of benzene rings is 1. The van der Waals surface area contributed by atoms with Crippen LogP contribution in [0.3, 0.4) is 0 Å². The molecule has 1 aromatic rings. The summed E-state index contributed by atoms with van der Waals surface area (Å²) in [6.45, 7) is 1.90. The maximum Gasteiger partial charge on any atom is 0.326 e. The quantitative estimate of drug-likeness (QED) is 0.774. The van der Waals surface area contributed by atoms with Crippen LogP contribution in [-0.4, -0.2) is 18.9 Å². The van der Waals surface area contributed by atoms with Crippen LogP contribution < -0.4 is 5.32 Å². The van der Waals surface area contributed by atoms with Crippen LogP contribution in [0.15, 0.2) is 24.3 Å². The molecule has 0 bridgehead atoms. The zero-order valence-electron chi connectivity index (χ0n) is 9.77. The average Bonchev–Trinajstić information content (AvgIpc) is 2.31. The Balaban J connectivity index is 3.01. The van der Waals surface area contributed by atoms with Crippen molar-refractivity contribution in [1.29, 1.82) is 0 Å². The second kappa shape index (κ2) is 6.13. The number of hydrogen-bond acceptors (Lipinski definition) is 1. The molecular formula is C12H14F5N. The molecule has 0 saturated carbocycles. The third-order valence-electron chi connectivity index (χ3n) is 2.48. The molecule has 0 aromatic heterocycles. The summed E-state index contributed by atoms with van der Waals surface area (Å²) in [4.78, 5) is 0. The van der Waals surface area contributed by atoms with Crippen LogP contribution in [0.4, 0.5) is 22.0 Å². The molecule has 1 rings (SSSR count). The summed E-state index contributed by atoms with van der Waals surface area (Å²) in [5, 5.41) is 2.37. The molecule has 1 unspecified atom stereocenters. The van der Waals surface area contributed by atoms with Gasteiger partial charge in [-0.3, -0.25) is 0 Å². The molecule has 18 heavy (non-hydrogen) atoms. The smallest absolute Gasteiger partial charge is 0.305 e. The Hall–Kier alpha value is -1.17. The molecule has 1 N–H and O–H groups in total. The first-order chi connectivity index (χ1) is 8.39. The fourth-order valence-electron chi connectivity index (χ4n) is 1.55. The van der Waals surface area contributed by atoms with E-state index in [2.05, 4.69) is 5.32 Å². The van der Waals surface area contributed by atoms with Crippen molar-refractivity contribution in [3.8, 4) is 0 Å². The number of alkyl halides is 4. The summed E-state index contributed by atoms with van der Waals surface area (Å²) in [5.41, 5.74) is -0.0600. The highest BCUT2D eigenvalue weighted by molar-refractivity contribution is 5.22. The topological polar surface area (TPSA) is 12.0 Å². The Morgan fingerprint density at radius 2 is 1.72 bits per heavy atom. The zero-order valence-corrected chi connectivity index (χ0v) is 9.77. The molecule has 102 valence electrons. The Bertz CT molecular complexity index is 363. The van der Waals surface area contributed by atoms with Gasteiger partial charge in [-0.25, -0.2) is 13.2 Å². The summed E-state index contributed by atoms with van der Waals surface area (Å²) < 4.78 is 64.3. The average molecular weight is 267 g/mol. The van der Waals surface area contributed by atoms with Gasteiger partial charge < -0.3 is 5.32 Å². The van der Waals surface area contributed by atoms with Gasteiger partial charge in [-0.2, -0.15) is 8.78 Å². The van der Waals surface area contributed by atoms with E-state index in [1.54, 1.807) is 6.92 Å². The van der Waals surface area contributed by atoms with Crippen LogP contribution in [0.2, 0.25) is 0 Å². The minimum absolute atomic E-state index is 0.0600. The molecule has 0 saturated heterocycles. The van der Waals surface area contributed by atoms with E-state index in [9.17, 15) is 22.0 Å². The Morgan fingerprint density at radius 3 is 2.17 bits per heavy atom. The summed E-state index contributed by atoms with van der Waals surface area (Å²) >= 11 is 0. The molecule has 0 spiro atoms. The van der Waals surface area contributed by atoms with Crippen molar-refractivity contribution < 1.29 is 22.0 Å². The van der Waals surface area contributed by atoms with E-state index in [1.165, 1.54) is 0 Å². The molecule has 1 aromatic carbocycles. The maximum atomic E-state index is 13.4. The first kappa shape index (κ1) is 14.9. The van der Waals surface area contributed by atoms with Crippen LogP contribution in [-0.2, 0) is 0 Å². The molecule has 1 atom stereocenters. The SMILES string of the molecule is CCCNC(c1ccc(F)cc1)C(F)(F)C(F)F. The van der Waals surface area contributed by atoms with E-state index in [-0.39, 0.29) is 12.1 Å². The molecular weight excluding hydrogens is 253 g/mol. The summed E-state index contributed by atoms with van der Waals surface area (Å²) in [6.07, 6.45) is -3.26. The molecule has 0 heterocycles. The lowest BCUT2D eigenvalue weighted by Crippen LogP contribution is -2.42.